The number of nitrogens with zero attached hydrogens (tertiary/aromatic N) is 1. The van der Waals surface area contributed by atoms with Crippen LogP contribution in [0.3, 0.4) is 0 Å². The van der Waals surface area contributed by atoms with E-state index >= 15 is 0 Å². The van der Waals surface area contributed by atoms with E-state index in [0.29, 0.717) is 0 Å². The first-order chi connectivity index (χ1) is 4.43. The Morgan fingerprint density at radius 2 is 2.67 bits per heavy atom. The van der Waals surface area contributed by atoms with Gasteiger partial charge in [-0.2, -0.15) is 0 Å². The number of hydrogen-bond donors (Lipinski definition) is 1. The summed E-state index contributed by atoms with van der Waals surface area (Å²) in [6.07, 6.45) is 6.34. The van der Waals surface area contributed by atoms with Crippen LogP contribution >= 0.6 is 0 Å². The summed E-state index contributed by atoms with van der Waals surface area (Å²) in [5, 5.41) is 3.18. The Bertz CT molecular complexity index is 136. The van der Waals surface area contributed by atoms with Gasteiger partial charge in [0.1, 0.15) is 5.82 Å². The van der Waals surface area contributed by atoms with Crippen LogP contribution in [-0.2, 0) is 0 Å². The average molecular weight is 124 g/mol. The molecule has 0 fully saturated rings. The normalized spacial score (nSPS) is 19.4. The van der Waals surface area contributed by atoms with Crippen molar-refractivity contribution in [1.29, 1.82) is 0 Å². The predicted molar refractivity (Wildman–Crippen MR) is 39.5 cm³/mol. The van der Waals surface area contributed by atoms with Crippen molar-refractivity contribution >= 4 is 6.21 Å². The number of hydrogen-bond acceptors (Lipinski definition) is 2. The van der Waals surface area contributed by atoms with Crippen molar-refractivity contribution in [3.63, 3.8) is 0 Å². The smallest absolute Gasteiger partial charge is 0.121 e. The summed E-state index contributed by atoms with van der Waals surface area (Å²) < 4.78 is 0. The van der Waals surface area contributed by atoms with E-state index in [1.807, 2.05) is 13.1 Å². The van der Waals surface area contributed by atoms with Crippen molar-refractivity contribution in [2.75, 3.05) is 6.54 Å². The molecule has 1 rings (SSSR count). The summed E-state index contributed by atoms with van der Waals surface area (Å²) in [5.74, 6) is 1.03. The molecule has 0 saturated carbocycles. The lowest BCUT2D eigenvalue weighted by molar-refractivity contribution is 0.684. The first kappa shape index (κ1) is 6.33. The van der Waals surface area contributed by atoms with Crippen LogP contribution in [0, 0.1) is 0 Å². The second kappa shape index (κ2) is 3.28. The summed E-state index contributed by atoms with van der Waals surface area (Å²) >= 11 is 0. The molecule has 0 bridgehead atoms. The highest BCUT2D eigenvalue weighted by Gasteiger charge is 1.96. The first-order valence-corrected chi connectivity index (χ1v) is 3.36. The van der Waals surface area contributed by atoms with E-state index in [2.05, 4.69) is 16.4 Å². The molecule has 9 heavy (non-hydrogen) atoms. The molecule has 0 atom stereocenters. The molecule has 0 unspecified atom stereocenters. The zero-order valence-electron chi connectivity index (χ0n) is 5.72. The van der Waals surface area contributed by atoms with Crippen LogP contribution in [0.5, 0.6) is 0 Å². The van der Waals surface area contributed by atoms with Gasteiger partial charge in [-0.1, -0.05) is 0 Å². The van der Waals surface area contributed by atoms with Crippen LogP contribution < -0.4 is 5.32 Å². The monoisotopic (exact) mass is 124 g/mol. The molecule has 0 aromatic rings. The van der Waals surface area contributed by atoms with Gasteiger partial charge in [0.25, 0.3) is 0 Å². The molecule has 0 saturated heterocycles. The highest BCUT2D eigenvalue weighted by Crippen LogP contribution is 2.02. The molecule has 50 valence electrons. The molecular weight excluding hydrogens is 112 g/mol. The van der Waals surface area contributed by atoms with Crippen LogP contribution in [0.2, 0.25) is 0 Å². The maximum Gasteiger partial charge on any atom is 0.121 e. The van der Waals surface area contributed by atoms with Crippen LogP contribution in [0.4, 0.5) is 0 Å². The second-order valence-corrected chi connectivity index (χ2v) is 2.05. The molecule has 0 radical (unpaired) electrons. The van der Waals surface area contributed by atoms with Crippen molar-refractivity contribution in [2.24, 2.45) is 4.99 Å². The van der Waals surface area contributed by atoms with E-state index in [4.69, 9.17) is 0 Å². The maximum absolute atomic E-state index is 4.11. The number of nitrogens with one attached hydrogen (secondary N) is 1. The summed E-state index contributed by atoms with van der Waals surface area (Å²) in [6, 6.07) is 0. The largest absolute Gasteiger partial charge is 0.370 e. The van der Waals surface area contributed by atoms with Crippen LogP contribution in [0.25, 0.3) is 0 Å². The van der Waals surface area contributed by atoms with E-state index < -0.39 is 0 Å². The fourth-order valence-electron chi connectivity index (χ4n) is 0.867. The third-order valence-corrected chi connectivity index (χ3v) is 1.29. The lowest BCUT2D eigenvalue weighted by Gasteiger charge is -2.10. The van der Waals surface area contributed by atoms with Gasteiger partial charge in [0, 0.05) is 12.8 Å². The summed E-state index contributed by atoms with van der Waals surface area (Å²) in [5.41, 5.74) is 0. The quantitative estimate of drug-likeness (QED) is 0.523. The minimum atomic E-state index is 1.03. The van der Waals surface area contributed by atoms with E-state index in [1.165, 1.54) is 12.8 Å². The molecule has 1 aliphatic heterocycles. The van der Waals surface area contributed by atoms with Crippen molar-refractivity contribution < 1.29 is 0 Å². The minimum Gasteiger partial charge on any atom is -0.370 e. The third kappa shape index (κ3) is 1.88. The highest BCUT2D eigenvalue weighted by molar-refractivity contribution is 5.55. The van der Waals surface area contributed by atoms with Crippen molar-refractivity contribution in [1.82, 2.24) is 5.32 Å². The average Bonchev–Trinajstić information content (AvgIpc) is 1.91. The topological polar surface area (TPSA) is 24.4 Å². The van der Waals surface area contributed by atoms with Gasteiger partial charge >= 0.3 is 0 Å². The molecular formula is C7H12N2. The minimum absolute atomic E-state index is 1.03. The van der Waals surface area contributed by atoms with Gasteiger partial charge in [0.05, 0.1) is 0 Å². The Morgan fingerprint density at radius 3 is 3.22 bits per heavy atom. The molecule has 0 aromatic heterocycles. The van der Waals surface area contributed by atoms with Gasteiger partial charge in [-0.25, -0.2) is 4.99 Å². The van der Waals surface area contributed by atoms with Gasteiger partial charge in [0.2, 0.25) is 0 Å². The number of aliphatic imine (C=N–C) groups is 1. The Balaban J connectivity index is 2.46. The van der Waals surface area contributed by atoms with Crippen molar-refractivity contribution in [3.05, 3.63) is 11.9 Å². The standard InChI is InChI=1S/C7H12N2/c1-2-8-7-5-3-4-6-9-7/h2,5,9H,3-4,6H2,1H3. The van der Waals surface area contributed by atoms with Gasteiger partial charge in [0.15, 0.2) is 0 Å². The summed E-state index contributed by atoms with van der Waals surface area (Å²) in [7, 11) is 0. The van der Waals surface area contributed by atoms with E-state index in [1.54, 1.807) is 0 Å². The Morgan fingerprint density at radius 1 is 1.78 bits per heavy atom. The van der Waals surface area contributed by atoms with Crippen molar-refractivity contribution in [3.8, 4) is 0 Å². The molecule has 1 N–H and O–H groups in total. The molecule has 0 aromatic carbocycles. The number of rotatable bonds is 1. The molecule has 0 amide bonds. The molecule has 2 heteroatoms. The summed E-state index contributed by atoms with van der Waals surface area (Å²) in [6.45, 7) is 3.00. The first-order valence-electron chi connectivity index (χ1n) is 3.36. The fraction of sp³-hybridized carbons (Fsp3) is 0.571. The van der Waals surface area contributed by atoms with E-state index in [9.17, 15) is 0 Å². The Kier molecular flexibility index (Phi) is 2.31. The zero-order valence-corrected chi connectivity index (χ0v) is 5.72. The van der Waals surface area contributed by atoms with Gasteiger partial charge < -0.3 is 5.32 Å². The second-order valence-electron chi connectivity index (χ2n) is 2.05. The van der Waals surface area contributed by atoms with Crippen LogP contribution in [0.15, 0.2) is 16.9 Å². The molecule has 2 nitrogen and oxygen atoms in total. The molecule has 1 heterocycles. The maximum atomic E-state index is 4.11. The van der Waals surface area contributed by atoms with Crippen LogP contribution in [-0.4, -0.2) is 12.8 Å². The Labute approximate surface area is 55.7 Å². The van der Waals surface area contributed by atoms with Crippen molar-refractivity contribution in [2.45, 2.75) is 19.8 Å². The molecule has 0 spiro atoms. The number of allylic oxidation sites excluding steroid dienone is 1. The molecule has 1 aliphatic rings. The molecule has 0 aliphatic carbocycles. The SMILES string of the molecule is CC=NC1=CCCCN1. The van der Waals surface area contributed by atoms with Gasteiger partial charge in [-0.15, -0.1) is 0 Å². The van der Waals surface area contributed by atoms with E-state index in [0.717, 1.165) is 12.4 Å². The fourth-order valence-corrected chi connectivity index (χ4v) is 0.867. The summed E-state index contributed by atoms with van der Waals surface area (Å²) in [4.78, 5) is 4.11. The van der Waals surface area contributed by atoms with Crippen LogP contribution in [0.1, 0.15) is 19.8 Å². The zero-order chi connectivity index (χ0) is 6.53. The van der Waals surface area contributed by atoms with Gasteiger partial charge in [-0.3, -0.25) is 0 Å². The van der Waals surface area contributed by atoms with Gasteiger partial charge in [-0.05, 0) is 25.8 Å². The highest BCUT2D eigenvalue weighted by atomic mass is 15.0. The lowest BCUT2D eigenvalue weighted by Crippen LogP contribution is -2.16. The lowest BCUT2D eigenvalue weighted by atomic mass is 10.2. The predicted octanol–water partition coefficient (Wildman–Crippen LogP) is 1.30. The van der Waals surface area contributed by atoms with E-state index in [-0.39, 0.29) is 0 Å². The Hall–Kier alpha value is -0.790. The third-order valence-electron chi connectivity index (χ3n) is 1.29.